The standard InChI is InChI=1S/C19H21FN4O3S/c1-10-5-8-14(9-15(10)20)23-28(25,26)17-12(3)24(4)11(2)16(17)19-22-21-18(27-19)13-6-7-13/h5,8-9,13,23H,6-7H2,1-4H3. The van der Waals surface area contributed by atoms with Crippen LogP contribution < -0.4 is 4.72 Å². The molecule has 0 amide bonds. The summed E-state index contributed by atoms with van der Waals surface area (Å²) >= 11 is 0. The molecule has 1 N–H and O–H groups in total. The third-order valence-corrected chi connectivity index (χ3v) is 6.74. The Bertz CT molecular complexity index is 1180. The molecule has 1 aromatic carbocycles. The second kappa shape index (κ2) is 6.44. The number of halogens is 1. The molecule has 0 spiro atoms. The molecule has 1 aliphatic rings. The molecule has 2 heterocycles. The monoisotopic (exact) mass is 404 g/mol. The van der Waals surface area contributed by atoms with Gasteiger partial charge in [0.1, 0.15) is 10.7 Å². The molecule has 1 aliphatic carbocycles. The number of hydrogen-bond donors (Lipinski definition) is 1. The van der Waals surface area contributed by atoms with Crippen molar-refractivity contribution >= 4 is 15.7 Å². The molecule has 1 saturated carbocycles. The van der Waals surface area contributed by atoms with E-state index >= 15 is 0 Å². The molecule has 28 heavy (non-hydrogen) atoms. The highest BCUT2D eigenvalue weighted by atomic mass is 32.2. The number of aromatic nitrogens is 3. The summed E-state index contributed by atoms with van der Waals surface area (Å²) in [5.74, 6) is 0.499. The van der Waals surface area contributed by atoms with E-state index in [1.54, 1.807) is 32.4 Å². The Morgan fingerprint density at radius 2 is 1.89 bits per heavy atom. The summed E-state index contributed by atoms with van der Waals surface area (Å²) in [6.07, 6.45) is 2.00. The topological polar surface area (TPSA) is 90.0 Å². The Kier molecular flexibility index (Phi) is 4.29. The van der Waals surface area contributed by atoms with Gasteiger partial charge in [0.15, 0.2) is 0 Å². The van der Waals surface area contributed by atoms with Crippen molar-refractivity contribution in [2.45, 2.75) is 44.4 Å². The molecule has 0 bridgehead atoms. The van der Waals surface area contributed by atoms with Crippen molar-refractivity contribution in [1.82, 2.24) is 14.8 Å². The second-order valence-electron chi connectivity index (χ2n) is 7.22. The van der Waals surface area contributed by atoms with E-state index in [9.17, 15) is 12.8 Å². The van der Waals surface area contributed by atoms with Crippen LogP contribution in [-0.4, -0.2) is 23.2 Å². The summed E-state index contributed by atoms with van der Waals surface area (Å²) in [5.41, 5.74) is 2.19. The fourth-order valence-corrected chi connectivity index (χ4v) is 4.76. The molecule has 2 aromatic heterocycles. The minimum atomic E-state index is -4.01. The summed E-state index contributed by atoms with van der Waals surface area (Å²) in [6, 6.07) is 4.21. The van der Waals surface area contributed by atoms with Crippen molar-refractivity contribution in [2.75, 3.05) is 4.72 Å². The van der Waals surface area contributed by atoms with Crippen LogP contribution in [0.3, 0.4) is 0 Å². The lowest BCUT2D eigenvalue weighted by molar-refractivity contribution is 0.507. The number of rotatable bonds is 5. The fourth-order valence-electron chi connectivity index (χ4n) is 3.19. The van der Waals surface area contributed by atoms with Crippen LogP contribution in [0.1, 0.15) is 41.6 Å². The minimum Gasteiger partial charge on any atom is -0.420 e. The normalized spacial score (nSPS) is 14.5. The van der Waals surface area contributed by atoms with Crippen molar-refractivity contribution in [2.24, 2.45) is 7.05 Å². The van der Waals surface area contributed by atoms with Crippen LogP contribution in [0.5, 0.6) is 0 Å². The van der Waals surface area contributed by atoms with Crippen molar-refractivity contribution in [3.63, 3.8) is 0 Å². The molecular formula is C19H21FN4O3S. The van der Waals surface area contributed by atoms with Crippen LogP contribution in [-0.2, 0) is 17.1 Å². The van der Waals surface area contributed by atoms with Gasteiger partial charge in [-0.15, -0.1) is 10.2 Å². The molecule has 0 saturated heterocycles. The van der Waals surface area contributed by atoms with Gasteiger partial charge < -0.3 is 8.98 Å². The Morgan fingerprint density at radius 1 is 1.18 bits per heavy atom. The van der Waals surface area contributed by atoms with Crippen LogP contribution in [0.15, 0.2) is 27.5 Å². The number of sulfonamides is 1. The third kappa shape index (κ3) is 3.09. The lowest BCUT2D eigenvalue weighted by Gasteiger charge is -2.10. The van der Waals surface area contributed by atoms with E-state index in [1.807, 2.05) is 0 Å². The van der Waals surface area contributed by atoms with Crippen molar-refractivity contribution < 1.29 is 17.2 Å². The Balaban J connectivity index is 1.81. The molecule has 0 unspecified atom stereocenters. The first-order valence-corrected chi connectivity index (χ1v) is 10.5. The molecule has 1 fully saturated rings. The van der Waals surface area contributed by atoms with Gasteiger partial charge in [0.05, 0.1) is 11.3 Å². The first-order valence-electron chi connectivity index (χ1n) is 8.97. The Labute approximate surface area is 162 Å². The first kappa shape index (κ1) is 18.7. The lowest BCUT2D eigenvalue weighted by atomic mass is 10.2. The molecule has 0 aliphatic heterocycles. The molecule has 4 rings (SSSR count). The zero-order valence-corrected chi connectivity index (χ0v) is 16.9. The highest BCUT2D eigenvalue weighted by molar-refractivity contribution is 7.93. The highest BCUT2D eigenvalue weighted by Gasteiger charge is 2.34. The quantitative estimate of drug-likeness (QED) is 0.698. The largest absolute Gasteiger partial charge is 0.420 e. The molecule has 0 radical (unpaired) electrons. The third-order valence-electron chi connectivity index (χ3n) is 5.20. The van der Waals surface area contributed by atoms with Crippen molar-refractivity contribution in [1.29, 1.82) is 0 Å². The SMILES string of the molecule is Cc1ccc(NS(=O)(=O)c2c(-c3nnc(C4CC4)o3)c(C)n(C)c2C)cc1F. The number of anilines is 1. The molecule has 3 aromatic rings. The molecule has 0 atom stereocenters. The van der Waals surface area contributed by atoms with Gasteiger partial charge in [-0.3, -0.25) is 4.72 Å². The van der Waals surface area contributed by atoms with Crippen LogP contribution in [0.4, 0.5) is 10.1 Å². The van der Waals surface area contributed by atoms with E-state index in [2.05, 4.69) is 14.9 Å². The van der Waals surface area contributed by atoms with Crippen LogP contribution in [0.2, 0.25) is 0 Å². The van der Waals surface area contributed by atoms with Crippen molar-refractivity contribution in [3.8, 4) is 11.5 Å². The molecular weight excluding hydrogens is 383 g/mol. The van der Waals surface area contributed by atoms with Gasteiger partial charge in [0.2, 0.25) is 5.89 Å². The summed E-state index contributed by atoms with van der Waals surface area (Å²) in [6.45, 7) is 5.12. The molecule has 7 nitrogen and oxygen atoms in total. The minimum absolute atomic E-state index is 0.0551. The Hall–Kier alpha value is -2.68. The number of hydrogen-bond acceptors (Lipinski definition) is 5. The van der Waals surface area contributed by atoms with Gasteiger partial charge in [0.25, 0.3) is 15.9 Å². The smallest absolute Gasteiger partial charge is 0.264 e. The van der Waals surface area contributed by atoms with E-state index in [0.29, 0.717) is 28.4 Å². The van der Waals surface area contributed by atoms with Gasteiger partial charge in [0, 0.05) is 24.4 Å². The van der Waals surface area contributed by atoms with Crippen LogP contribution in [0, 0.1) is 26.6 Å². The van der Waals surface area contributed by atoms with Crippen LogP contribution in [0.25, 0.3) is 11.5 Å². The summed E-state index contributed by atoms with van der Waals surface area (Å²) in [7, 11) is -2.24. The number of aryl methyl sites for hydroxylation is 1. The van der Waals surface area contributed by atoms with E-state index in [-0.39, 0.29) is 22.4 Å². The molecule has 148 valence electrons. The lowest BCUT2D eigenvalue weighted by Crippen LogP contribution is -2.15. The van der Waals surface area contributed by atoms with E-state index in [1.165, 1.54) is 12.1 Å². The predicted molar refractivity (Wildman–Crippen MR) is 102 cm³/mol. The van der Waals surface area contributed by atoms with Crippen molar-refractivity contribution in [3.05, 3.63) is 46.9 Å². The van der Waals surface area contributed by atoms with Gasteiger partial charge >= 0.3 is 0 Å². The van der Waals surface area contributed by atoms with E-state index in [4.69, 9.17) is 4.42 Å². The average molecular weight is 404 g/mol. The fraction of sp³-hybridized carbons (Fsp3) is 0.368. The number of benzene rings is 1. The predicted octanol–water partition coefficient (Wildman–Crippen LogP) is 3.82. The summed E-state index contributed by atoms with van der Waals surface area (Å²) in [4.78, 5) is 0.0551. The zero-order chi connectivity index (χ0) is 20.2. The average Bonchev–Trinajstić information content (AvgIpc) is 3.32. The van der Waals surface area contributed by atoms with E-state index < -0.39 is 15.8 Å². The number of nitrogens with zero attached hydrogens (tertiary/aromatic N) is 3. The van der Waals surface area contributed by atoms with Gasteiger partial charge in [-0.25, -0.2) is 12.8 Å². The second-order valence-corrected chi connectivity index (χ2v) is 8.84. The summed E-state index contributed by atoms with van der Waals surface area (Å²) in [5, 5.41) is 8.16. The van der Waals surface area contributed by atoms with Gasteiger partial charge in [-0.2, -0.15) is 0 Å². The summed E-state index contributed by atoms with van der Waals surface area (Å²) < 4.78 is 50.3. The first-order chi connectivity index (χ1) is 13.2. The maximum Gasteiger partial charge on any atom is 0.264 e. The van der Waals surface area contributed by atoms with Crippen LogP contribution >= 0.6 is 0 Å². The van der Waals surface area contributed by atoms with Gasteiger partial charge in [-0.1, -0.05) is 6.07 Å². The zero-order valence-electron chi connectivity index (χ0n) is 16.1. The Morgan fingerprint density at radius 3 is 2.54 bits per heavy atom. The van der Waals surface area contributed by atoms with E-state index in [0.717, 1.165) is 18.9 Å². The maximum absolute atomic E-state index is 13.9. The maximum atomic E-state index is 13.9. The molecule has 9 heteroatoms. The van der Waals surface area contributed by atoms with Gasteiger partial charge in [-0.05, 0) is 51.3 Å². The highest BCUT2D eigenvalue weighted by Crippen LogP contribution is 2.41. The number of nitrogens with one attached hydrogen (secondary N) is 1.